The molecule has 0 N–H and O–H groups in total. The molecular weight excluding hydrogens is 107 g/mol. The molecule has 3 saturated heterocycles. The lowest BCUT2D eigenvalue weighted by Crippen LogP contribution is -2.36. The fourth-order valence-corrected chi connectivity index (χ4v) is 2.75. The minimum atomic E-state index is 0.838. The van der Waals surface area contributed by atoms with Gasteiger partial charge in [0.25, 0.3) is 0 Å². The second kappa shape index (κ2) is 1.56. The van der Waals surface area contributed by atoms with E-state index in [0.717, 1.165) is 18.0 Å². The van der Waals surface area contributed by atoms with Crippen molar-refractivity contribution in [2.75, 3.05) is 0 Å². The Bertz CT molecular complexity index is 117. The van der Waals surface area contributed by atoms with Gasteiger partial charge in [-0.15, -0.1) is 0 Å². The molecule has 0 nitrogen and oxygen atoms in total. The van der Waals surface area contributed by atoms with Gasteiger partial charge in [0.15, 0.2) is 0 Å². The van der Waals surface area contributed by atoms with Gasteiger partial charge < -0.3 is 0 Å². The molecule has 0 aliphatic carbocycles. The standard InChI is InChI=1S/C8H15B/c1-7(2)8-3-4-9(5-8)6-8/h7H,3-6H2,1-2H3. The summed E-state index contributed by atoms with van der Waals surface area (Å²) >= 11 is 0. The van der Waals surface area contributed by atoms with Gasteiger partial charge in [-0.05, 0) is 11.3 Å². The maximum atomic E-state index is 2.39. The molecule has 2 bridgehead atoms. The molecule has 0 radical (unpaired) electrons. The summed E-state index contributed by atoms with van der Waals surface area (Å²) in [5, 5.41) is 0. The number of hydrogen-bond acceptors (Lipinski definition) is 0. The Labute approximate surface area is 58.1 Å². The topological polar surface area (TPSA) is 0 Å². The van der Waals surface area contributed by atoms with Gasteiger partial charge in [0.2, 0.25) is 0 Å². The second-order valence-electron chi connectivity index (χ2n) is 4.33. The molecule has 50 valence electrons. The Balaban J connectivity index is 2.10. The summed E-state index contributed by atoms with van der Waals surface area (Å²) in [6.45, 7) is 5.93. The zero-order chi connectivity index (χ0) is 6.48. The van der Waals surface area contributed by atoms with Crippen molar-refractivity contribution in [3.05, 3.63) is 0 Å². The second-order valence-corrected chi connectivity index (χ2v) is 4.33. The summed E-state index contributed by atoms with van der Waals surface area (Å²) in [7, 11) is 0. The van der Waals surface area contributed by atoms with Crippen LogP contribution in [0.15, 0.2) is 0 Å². The molecule has 3 aliphatic heterocycles. The van der Waals surface area contributed by atoms with Gasteiger partial charge in [0, 0.05) is 0 Å². The van der Waals surface area contributed by atoms with Crippen LogP contribution in [0.1, 0.15) is 20.3 Å². The van der Waals surface area contributed by atoms with Crippen molar-refractivity contribution in [3.8, 4) is 0 Å². The Morgan fingerprint density at radius 1 is 1.33 bits per heavy atom. The highest BCUT2D eigenvalue weighted by atomic mass is 14.4. The van der Waals surface area contributed by atoms with Gasteiger partial charge in [-0.2, -0.15) is 0 Å². The van der Waals surface area contributed by atoms with E-state index in [4.69, 9.17) is 0 Å². The normalized spacial score (nSPS) is 29.0. The molecule has 1 heteroatoms. The molecule has 0 aromatic heterocycles. The Hall–Kier alpha value is 0.0649. The SMILES string of the molecule is CC(C)C12CCB(C1)C2. The van der Waals surface area contributed by atoms with Gasteiger partial charge in [-0.3, -0.25) is 0 Å². The first-order valence-electron chi connectivity index (χ1n) is 4.23. The van der Waals surface area contributed by atoms with Crippen LogP contribution in [0.2, 0.25) is 19.0 Å². The average molecular weight is 122 g/mol. The molecule has 0 unspecified atom stereocenters. The van der Waals surface area contributed by atoms with Crippen LogP contribution in [0.3, 0.4) is 0 Å². The van der Waals surface area contributed by atoms with E-state index >= 15 is 0 Å². The summed E-state index contributed by atoms with van der Waals surface area (Å²) in [4.78, 5) is 0. The molecule has 3 aliphatic rings. The van der Waals surface area contributed by atoms with Gasteiger partial charge in [-0.25, -0.2) is 0 Å². The third-order valence-electron chi connectivity index (χ3n) is 3.67. The van der Waals surface area contributed by atoms with Crippen molar-refractivity contribution in [1.82, 2.24) is 0 Å². The highest BCUT2D eigenvalue weighted by Crippen LogP contribution is 2.59. The minimum Gasteiger partial charge on any atom is -0.0736 e. The lowest BCUT2D eigenvalue weighted by molar-refractivity contribution is 0.238. The summed E-state index contributed by atoms with van der Waals surface area (Å²) in [6.07, 6.45) is 6.20. The van der Waals surface area contributed by atoms with E-state index in [0.29, 0.717) is 0 Å². The van der Waals surface area contributed by atoms with E-state index in [2.05, 4.69) is 13.8 Å². The molecular formula is C8H15B. The predicted octanol–water partition coefficient (Wildman–Crippen LogP) is 2.54. The summed E-state index contributed by atoms with van der Waals surface area (Å²) in [5.74, 6) is 0.955. The average Bonchev–Trinajstić information content (AvgIpc) is 2.13. The first-order chi connectivity index (χ1) is 4.23. The number of fused-ring (bicyclic) bond motifs is 1. The van der Waals surface area contributed by atoms with Crippen molar-refractivity contribution in [3.63, 3.8) is 0 Å². The molecule has 3 heterocycles. The maximum Gasteiger partial charge on any atom is 0.140 e. The van der Waals surface area contributed by atoms with Crippen LogP contribution in [0.5, 0.6) is 0 Å². The lowest BCUT2D eigenvalue weighted by Gasteiger charge is -2.41. The molecule has 3 fully saturated rings. The first kappa shape index (κ1) is 5.82. The van der Waals surface area contributed by atoms with Gasteiger partial charge in [0.05, 0.1) is 0 Å². The highest BCUT2D eigenvalue weighted by Gasteiger charge is 2.53. The van der Waals surface area contributed by atoms with E-state index in [9.17, 15) is 0 Å². The van der Waals surface area contributed by atoms with Crippen molar-refractivity contribution < 1.29 is 0 Å². The molecule has 0 saturated carbocycles. The zero-order valence-electron chi connectivity index (χ0n) is 6.48. The van der Waals surface area contributed by atoms with Gasteiger partial charge in [0.1, 0.15) is 6.71 Å². The largest absolute Gasteiger partial charge is 0.140 e. The fraction of sp³-hybridized carbons (Fsp3) is 1.00. The van der Waals surface area contributed by atoms with Crippen LogP contribution >= 0.6 is 0 Å². The van der Waals surface area contributed by atoms with E-state index in [1.165, 1.54) is 12.7 Å². The lowest BCUT2D eigenvalue weighted by atomic mass is 9.31. The quantitative estimate of drug-likeness (QED) is 0.469. The summed E-state index contributed by atoms with van der Waals surface area (Å²) in [6, 6.07) is 0. The summed E-state index contributed by atoms with van der Waals surface area (Å²) in [5.41, 5.74) is 0.838. The zero-order valence-corrected chi connectivity index (χ0v) is 6.48. The highest BCUT2D eigenvalue weighted by molar-refractivity contribution is 6.64. The molecule has 0 atom stereocenters. The number of rotatable bonds is 1. The Morgan fingerprint density at radius 2 is 2.00 bits per heavy atom. The monoisotopic (exact) mass is 122 g/mol. The van der Waals surface area contributed by atoms with Crippen molar-refractivity contribution >= 4 is 6.71 Å². The van der Waals surface area contributed by atoms with Crippen LogP contribution in [0.4, 0.5) is 0 Å². The van der Waals surface area contributed by atoms with Crippen LogP contribution < -0.4 is 0 Å². The maximum absolute atomic E-state index is 2.39. The molecule has 9 heavy (non-hydrogen) atoms. The van der Waals surface area contributed by atoms with Crippen LogP contribution in [0, 0.1) is 11.3 Å². The van der Waals surface area contributed by atoms with Crippen molar-refractivity contribution in [2.24, 2.45) is 11.3 Å². The molecule has 0 aromatic rings. The minimum absolute atomic E-state index is 0.838. The van der Waals surface area contributed by atoms with Crippen molar-refractivity contribution in [2.45, 2.75) is 39.2 Å². The molecule has 0 spiro atoms. The van der Waals surface area contributed by atoms with E-state index < -0.39 is 0 Å². The van der Waals surface area contributed by atoms with Crippen LogP contribution in [-0.2, 0) is 0 Å². The smallest absolute Gasteiger partial charge is 0.0736 e. The van der Waals surface area contributed by atoms with Crippen molar-refractivity contribution in [1.29, 1.82) is 0 Å². The fourth-order valence-electron chi connectivity index (χ4n) is 2.75. The van der Waals surface area contributed by atoms with E-state index in [1.807, 2.05) is 0 Å². The Kier molecular flexibility index (Phi) is 1.01. The first-order valence-corrected chi connectivity index (χ1v) is 4.23. The molecule has 0 amide bonds. The molecule has 0 aromatic carbocycles. The number of hydrogen-bond donors (Lipinski definition) is 0. The van der Waals surface area contributed by atoms with Crippen LogP contribution in [0.25, 0.3) is 0 Å². The summed E-state index contributed by atoms with van der Waals surface area (Å²) < 4.78 is 0. The third kappa shape index (κ3) is 0.609. The van der Waals surface area contributed by atoms with Gasteiger partial charge in [-0.1, -0.05) is 39.2 Å². The van der Waals surface area contributed by atoms with E-state index in [1.54, 1.807) is 12.6 Å². The molecule has 3 rings (SSSR count). The third-order valence-corrected chi connectivity index (χ3v) is 3.67. The van der Waals surface area contributed by atoms with Crippen LogP contribution in [-0.4, -0.2) is 6.71 Å². The van der Waals surface area contributed by atoms with E-state index in [-0.39, 0.29) is 0 Å². The predicted molar refractivity (Wildman–Crippen MR) is 42.1 cm³/mol. The Morgan fingerprint density at radius 3 is 2.22 bits per heavy atom. The van der Waals surface area contributed by atoms with Gasteiger partial charge >= 0.3 is 0 Å².